The minimum absolute atomic E-state index is 1.25. The number of rotatable bonds is 0. The van der Waals surface area contributed by atoms with Gasteiger partial charge in [0, 0.05) is 5.15 Å². The van der Waals surface area contributed by atoms with Crippen LogP contribution in [-0.2, 0) is 5.15 Å². The number of hydrogen-bond acceptors (Lipinski definition) is 1. The maximum absolute atomic E-state index is 10.4. The van der Waals surface area contributed by atoms with E-state index in [1.807, 2.05) is 0 Å². The van der Waals surface area contributed by atoms with E-state index in [0.29, 0.717) is 0 Å². The fourth-order valence-corrected chi connectivity index (χ4v) is 0. The third kappa shape index (κ3) is 10.5. The van der Waals surface area contributed by atoms with Crippen molar-refractivity contribution < 1.29 is 36.2 Å². The Bertz CT molecular complexity index is 66.5. The first-order valence-corrected chi connectivity index (χ1v) is 1.60. The molecule has 0 spiro atoms. The van der Waals surface area contributed by atoms with E-state index in [4.69, 9.17) is 9.05 Å². The molecule has 8 heteroatoms. The molecule has 0 radical (unpaired) electrons. The average molecular weight is 174 g/mol. The molecule has 0 aliphatic rings. The van der Waals surface area contributed by atoms with Gasteiger partial charge in [0.05, 0.1) is 0 Å². The van der Waals surface area contributed by atoms with Gasteiger partial charge in [-0.1, -0.05) is 0 Å². The first-order chi connectivity index (χ1) is 4.36. The molecule has 0 bridgehead atoms. The predicted octanol–water partition coefficient (Wildman–Crippen LogP) is 2.59. The van der Waals surface area contributed by atoms with Crippen LogP contribution >= 0.6 is 0 Å². The van der Waals surface area contributed by atoms with E-state index < -0.39 is 12.6 Å². The number of alkyl halides is 5. The van der Waals surface area contributed by atoms with Crippen molar-refractivity contribution in [3.63, 3.8) is 0 Å². The second-order valence-corrected chi connectivity index (χ2v) is 0.901. The van der Waals surface area contributed by atoms with Crippen molar-refractivity contribution >= 4 is 0 Å². The summed E-state index contributed by atoms with van der Waals surface area (Å²) < 4.78 is 70.4. The summed E-state index contributed by atoms with van der Waals surface area (Å²) in [4.78, 5) is 0. The van der Waals surface area contributed by atoms with Crippen LogP contribution in [0.2, 0.25) is 0 Å². The molecule has 0 unspecified atom stereocenters. The van der Waals surface area contributed by atoms with Gasteiger partial charge in [-0.2, -0.15) is 13.2 Å². The zero-order chi connectivity index (χ0) is 8.78. The van der Waals surface area contributed by atoms with Gasteiger partial charge < -0.3 is 0 Å². The third-order valence-corrected chi connectivity index (χ3v) is 0.247. The summed E-state index contributed by atoms with van der Waals surface area (Å²) in [5.74, 6) is 0. The van der Waals surface area contributed by atoms with Crippen molar-refractivity contribution in [1.82, 2.24) is 0 Å². The van der Waals surface area contributed by atoms with Crippen LogP contribution in [0, 0.1) is 0 Å². The Labute approximate surface area is 50.2 Å². The van der Waals surface area contributed by atoms with Crippen molar-refractivity contribution in [2.75, 3.05) is 0 Å². The average Bonchev–Trinajstić information content (AvgIpc) is 1.64. The smallest absolute Gasteiger partial charge is 0.200 e. The Morgan fingerprint density at radius 3 is 1.10 bits per heavy atom. The fraction of sp³-hybridized carbons (Fsp3) is 1.00. The molecule has 1 nitrogen and oxygen atoms in total. The van der Waals surface area contributed by atoms with Gasteiger partial charge in [-0.15, -0.1) is 0 Å². The van der Waals surface area contributed by atoms with E-state index in [2.05, 4.69) is 0 Å². The van der Waals surface area contributed by atoms with E-state index in [9.17, 15) is 22.0 Å². The van der Waals surface area contributed by atoms with Crippen LogP contribution in [0.1, 0.15) is 0 Å². The molecule has 0 aromatic heterocycles. The normalized spacial score (nSPS) is 10.8. The van der Waals surface area contributed by atoms with Gasteiger partial charge >= 0.3 is 12.6 Å². The molecule has 0 rings (SSSR count). The first kappa shape index (κ1) is 12.2. The molecular weight excluding hydrogens is 173 g/mol. The van der Waals surface area contributed by atoms with Crippen LogP contribution in [0.15, 0.2) is 0 Å². The summed E-state index contributed by atoms with van der Waals surface area (Å²) >= 11 is 0. The van der Waals surface area contributed by atoms with Gasteiger partial charge in [-0.05, 0) is 9.05 Å². The quantitative estimate of drug-likeness (QED) is 0.512. The van der Waals surface area contributed by atoms with Crippen LogP contribution in [0.3, 0.4) is 0 Å². The Kier molecular flexibility index (Phi) is 6.42. The second-order valence-electron chi connectivity index (χ2n) is 0.901. The molecule has 0 aliphatic carbocycles. The Morgan fingerprint density at radius 1 is 1.00 bits per heavy atom. The number of hydrogen-bond donors (Lipinski definition) is 0. The SMILES string of the molecule is FC(F)C(F)(F)F.FOF. The summed E-state index contributed by atoms with van der Waals surface area (Å²) in [6.07, 6.45) is -9.53. The standard InChI is InChI=1S/C2HF5.F2O/c3-1(4)2(5,6)7;1-3-2/h1H;. The van der Waals surface area contributed by atoms with Gasteiger partial charge in [-0.3, -0.25) is 0 Å². The predicted molar refractivity (Wildman–Crippen MR) is 15.4 cm³/mol. The van der Waals surface area contributed by atoms with Gasteiger partial charge in [0.25, 0.3) is 0 Å². The summed E-state index contributed by atoms with van der Waals surface area (Å²) in [5.41, 5.74) is 0. The molecule has 0 saturated carbocycles. The molecule has 10 heavy (non-hydrogen) atoms. The van der Waals surface area contributed by atoms with Crippen LogP contribution in [0.5, 0.6) is 0 Å². The zero-order valence-corrected chi connectivity index (χ0v) is 4.13. The Morgan fingerprint density at radius 2 is 1.10 bits per heavy atom. The Hall–Kier alpha value is -0.530. The third-order valence-electron chi connectivity index (χ3n) is 0.247. The van der Waals surface area contributed by atoms with Gasteiger partial charge in [0.2, 0.25) is 0 Å². The largest absolute Gasteiger partial charge is 0.450 e. The number of halogens is 7. The minimum Gasteiger partial charge on any atom is -0.200 e. The van der Waals surface area contributed by atoms with Crippen molar-refractivity contribution in [3.8, 4) is 0 Å². The summed E-state index contributed by atoms with van der Waals surface area (Å²) in [6.45, 7) is 0. The van der Waals surface area contributed by atoms with Crippen molar-refractivity contribution in [2.24, 2.45) is 0 Å². The van der Waals surface area contributed by atoms with E-state index in [1.54, 1.807) is 0 Å². The van der Waals surface area contributed by atoms with Crippen LogP contribution in [0.4, 0.5) is 31.0 Å². The fourth-order valence-electron chi connectivity index (χ4n) is 0. The van der Waals surface area contributed by atoms with E-state index in [-0.39, 0.29) is 0 Å². The summed E-state index contributed by atoms with van der Waals surface area (Å²) in [6, 6.07) is 0. The van der Waals surface area contributed by atoms with Crippen LogP contribution in [0.25, 0.3) is 0 Å². The molecule has 0 aliphatic heterocycles. The van der Waals surface area contributed by atoms with Crippen LogP contribution in [-0.4, -0.2) is 12.6 Å². The maximum Gasteiger partial charge on any atom is 0.450 e. The molecule has 64 valence electrons. The summed E-state index contributed by atoms with van der Waals surface area (Å²) in [7, 11) is 0. The van der Waals surface area contributed by atoms with Gasteiger partial charge in [-0.25, -0.2) is 8.78 Å². The molecule has 0 N–H and O–H groups in total. The Balaban J connectivity index is 0. The molecule has 0 heterocycles. The van der Waals surface area contributed by atoms with E-state index in [0.717, 1.165) is 0 Å². The van der Waals surface area contributed by atoms with Gasteiger partial charge in [0.1, 0.15) is 0 Å². The van der Waals surface area contributed by atoms with E-state index >= 15 is 0 Å². The zero-order valence-electron chi connectivity index (χ0n) is 4.13. The highest BCUT2D eigenvalue weighted by molar-refractivity contribution is 4.48. The highest BCUT2D eigenvalue weighted by Gasteiger charge is 2.40. The molecule has 0 amide bonds. The lowest BCUT2D eigenvalue weighted by Gasteiger charge is -2.00. The molecule has 0 atom stereocenters. The monoisotopic (exact) mass is 174 g/mol. The lowest BCUT2D eigenvalue weighted by Crippen LogP contribution is -2.18. The van der Waals surface area contributed by atoms with Gasteiger partial charge in [0.15, 0.2) is 0 Å². The van der Waals surface area contributed by atoms with Crippen molar-refractivity contribution in [3.05, 3.63) is 0 Å². The first-order valence-electron chi connectivity index (χ1n) is 1.60. The highest BCUT2D eigenvalue weighted by Crippen LogP contribution is 2.22. The lowest BCUT2D eigenvalue weighted by molar-refractivity contribution is -0.317. The maximum atomic E-state index is 10.4. The molecule has 0 aromatic rings. The molecule has 0 aromatic carbocycles. The summed E-state index contributed by atoms with van der Waals surface area (Å²) in [5, 5.41) is 1.25. The van der Waals surface area contributed by atoms with E-state index in [1.165, 1.54) is 5.15 Å². The molecule has 0 fully saturated rings. The minimum atomic E-state index is -5.33. The molecule has 0 saturated heterocycles. The highest BCUT2D eigenvalue weighted by atomic mass is 19.6. The van der Waals surface area contributed by atoms with Crippen LogP contribution < -0.4 is 0 Å². The second kappa shape index (κ2) is 5.27. The molecular formula is C2HF7O. The van der Waals surface area contributed by atoms with Crippen molar-refractivity contribution in [2.45, 2.75) is 12.6 Å². The topological polar surface area (TPSA) is 9.23 Å². The lowest BCUT2D eigenvalue weighted by atomic mass is 10.7. The van der Waals surface area contributed by atoms with Crippen molar-refractivity contribution in [1.29, 1.82) is 0 Å².